The Morgan fingerprint density at radius 2 is 2.27 bits per heavy atom. The van der Waals surface area contributed by atoms with Gasteiger partial charge in [0.15, 0.2) is 0 Å². The lowest BCUT2D eigenvalue weighted by Gasteiger charge is -2.16. The molecule has 4 nitrogen and oxygen atoms in total. The Bertz CT molecular complexity index is 339. The Kier molecular flexibility index (Phi) is 4.12. The van der Waals surface area contributed by atoms with Crippen molar-refractivity contribution in [1.29, 1.82) is 0 Å². The van der Waals surface area contributed by atoms with Gasteiger partial charge in [0.05, 0.1) is 6.61 Å². The number of carbonyl (C=O) groups is 1. The lowest BCUT2D eigenvalue weighted by atomic mass is 10.2. The molecule has 0 aromatic heterocycles. The third-order valence-electron chi connectivity index (χ3n) is 2.05. The Morgan fingerprint density at radius 3 is 2.87 bits per heavy atom. The number of aryl methyl sites for hydroxylation is 1. The van der Waals surface area contributed by atoms with Crippen LogP contribution in [0.2, 0.25) is 0 Å². The SMILES string of the molecule is Cc1cccc(NC(=O)N(C)CCO)c1. The summed E-state index contributed by atoms with van der Waals surface area (Å²) in [5.74, 6) is 0. The second-order valence-corrected chi connectivity index (χ2v) is 3.44. The summed E-state index contributed by atoms with van der Waals surface area (Å²) in [5.41, 5.74) is 1.86. The maximum atomic E-state index is 11.5. The van der Waals surface area contributed by atoms with Crippen LogP contribution in [0, 0.1) is 6.92 Å². The fourth-order valence-electron chi connectivity index (χ4n) is 1.19. The summed E-state index contributed by atoms with van der Waals surface area (Å²) < 4.78 is 0. The van der Waals surface area contributed by atoms with Gasteiger partial charge in [-0.3, -0.25) is 0 Å². The van der Waals surface area contributed by atoms with E-state index in [0.29, 0.717) is 6.54 Å². The molecule has 1 aromatic rings. The standard InChI is InChI=1S/C11H16N2O2/c1-9-4-3-5-10(8-9)12-11(15)13(2)6-7-14/h3-5,8,14H,6-7H2,1-2H3,(H,12,15). The number of nitrogens with one attached hydrogen (secondary N) is 1. The van der Waals surface area contributed by atoms with Crippen LogP contribution in [-0.4, -0.2) is 36.2 Å². The van der Waals surface area contributed by atoms with Gasteiger partial charge >= 0.3 is 6.03 Å². The quantitative estimate of drug-likeness (QED) is 0.790. The van der Waals surface area contributed by atoms with Crippen molar-refractivity contribution in [2.45, 2.75) is 6.92 Å². The summed E-state index contributed by atoms with van der Waals surface area (Å²) in [7, 11) is 1.64. The lowest BCUT2D eigenvalue weighted by Crippen LogP contribution is -2.33. The molecule has 0 radical (unpaired) electrons. The van der Waals surface area contributed by atoms with E-state index in [4.69, 9.17) is 5.11 Å². The molecule has 1 aromatic carbocycles. The van der Waals surface area contributed by atoms with E-state index in [-0.39, 0.29) is 12.6 Å². The van der Waals surface area contributed by atoms with Crippen molar-refractivity contribution in [1.82, 2.24) is 4.90 Å². The first-order valence-electron chi connectivity index (χ1n) is 4.83. The fraction of sp³-hybridized carbons (Fsp3) is 0.364. The van der Waals surface area contributed by atoms with Gasteiger partial charge in [-0.05, 0) is 24.6 Å². The van der Waals surface area contributed by atoms with E-state index in [0.717, 1.165) is 11.3 Å². The van der Waals surface area contributed by atoms with E-state index in [2.05, 4.69) is 5.32 Å². The minimum absolute atomic E-state index is 0.0300. The van der Waals surface area contributed by atoms with Crippen LogP contribution < -0.4 is 5.32 Å². The predicted molar refractivity (Wildman–Crippen MR) is 59.9 cm³/mol. The molecular weight excluding hydrogens is 192 g/mol. The van der Waals surface area contributed by atoms with Crippen molar-refractivity contribution in [3.63, 3.8) is 0 Å². The van der Waals surface area contributed by atoms with Crippen LogP contribution in [0.15, 0.2) is 24.3 Å². The number of hydrogen-bond donors (Lipinski definition) is 2. The van der Waals surface area contributed by atoms with Crippen LogP contribution in [0.4, 0.5) is 10.5 Å². The van der Waals surface area contributed by atoms with Gasteiger partial charge in [0.2, 0.25) is 0 Å². The van der Waals surface area contributed by atoms with Crippen LogP contribution in [-0.2, 0) is 0 Å². The monoisotopic (exact) mass is 208 g/mol. The maximum Gasteiger partial charge on any atom is 0.321 e. The van der Waals surface area contributed by atoms with Gasteiger partial charge in [-0.1, -0.05) is 12.1 Å². The average molecular weight is 208 g/mol. The molecule has 0 heterocycles. The highest BCUT2D eigenvalue weighted by Gasteiger charge is 2.07. The van der Waals surface area contributed by atoms with E-state index >= 15 is 0 Å². The third-order valence-corrected chi connectivity index (χ3v) is 2.05. The second-order valence-electron chi connectivity index (χ2n) is 3.44. The molecule has 2 amide bonds. The zero-order valence-corrected chi connectivity index (χ0v) is 9.03. The van der Waals surface area contributed by atoms with Crippen molar-refractivity contribution in [3.8, 4) is 0 Å². The molecule has 0 unspecified atom stereocenters. The predicted octanol–water partition coefficient (Wildman–Crippen LogP) is 1.45. The molecule has 0 atom stereocenters. The topological polar surface area (TPSA) is 52.6 Å². The van der Waals surface area contributed by atoms with Crippen molar-refractivity contribution < 1.29 is 9.90 Å². The van der Waals surface area contributed by atoms with Crippen molar-refractivity contribution >= 4 is 11.7 Å². The first-order chi connectivity index (χ1) is 7.13. The number of hydrogen-bond acceptors (Lipinski definition) is 2. The van der Waals surface area contributed by atoms with Crippen LogP contribution in [0.1, 0.15) is 5.56 Å². The van der Waals surface area contributed by atoms with Crippen LogP contribution >= 0.6 is 0 Å². The zero-order valence-electron chi connectivity index (χ0n) is 9.03. The Morgan fingerprint density at radius 1 is 1.53 bits per heavy atom. The normalized spacial score (nSPS) is 9.80. The number of aliphatic hydroxyl groups excluding tert-OH is 1. The van der Waals surface area contributed by atoms with Gasteiger partial charge in [-0.2, -0.15) is 0 Å². The minimum Gasteiger partial charge on any atom is -0.395 e. The van der Waals surface area contributed by atoms with Gasteiger partial charge in [-0.15, -0.1) is 0 Å². The van der Waals surface area contributed by atoms with Gasteiger partial charge < -0.3 is 15.3 Å². The number of amides is 2. The number of aliphatic hydroxyl groups is 1. The molecule has 15 heavy (non-hydrogen) atoms. The Balaban J connectivity index is 2.58. The van der Waals surface area contributed by atoms with Crippen LogP contribution in [0.5, 0.6) is 0 Å². The molecule has 1 rings (SSSR count). The van der Waals surface area contributed by atoms with Crippen LogP contribution in [0.25, 0.3) is 0 Å². The number of carbonyl (C=O) groups excluding carboxylic acids is 1. The fourth-order valence-corrected chi connectivity index (χ4v) is 1.19. The smallest absolute Gasteiger partial charge is 0.321 e. The van der Waals surface area contributed by atoms with Crippen molar-refractivity contribution in [3.05, 3.63) is 29.8 Å². The van der Waals surface area contributed by atoms with E-state index in [1.165, 1.54) is 4.90 Å². The van der Waals surface area contributed by atoms with Gasteiger partial charge in [-0.25, -0.2) is 4.79 Å². The third kappa shape index (κ3) is 3.59. The minimum atomic E-state index is -0.213. The molecule has 0 aliphatic rings. The molecule has 0 aliphatic carbocycles. The molecule has 0 saturated heterocycles. The summed E-state index contributed by atoms with van der Waals surface area (Å²) in [6.07, 6.45) is 0. The van der Waals surface area contributed by atoms with E-state index in [1.807, 2.05) is 31.2 Å². The molecule has 0 aliphatic heterocycles. The molecule has 0 bridgehead atoms. The Hall–Kier alpha value is -1.55. The van der Waals surface area contributed by atoms with E-state index in [1.54, 1.807) is 7.05 Å². The zero-order chi connectivity index (χ0) is 11.3. The van der Waals surface area contributed by atoms with Gasteiger partial charge in [0.25, 0.3) is 0 Å². The highest BCUT2D eigenvalue weighted by atomic mass is 16.3. The Labute approximate surface area is 89.5 Å². The number of nitrogens with zero attached hydrogens (tertiary/aromatic N) is 1. The summed E-state index contributed by atoms with van der Waals surface area (Å²) >= 11 is 0. The van der Waals surface area contributed by atoms with Gasteiger partial charge in [0.1, 0.15) is 0 Å². The maximum absolute atomic E-state index is 11.5. The second kappa shape index (κ2) is 5.36. The molecular formula is C11H16N2O2. The van der Waals surface area contributed by atoms with Crippen molar-refractivity contribution in [2.24, 2.45) is 0 Å². The number of rotatable bonds is 3. The number of anilines is 1. The first-order valence-corrected chi connectivity index (χ1v) is 4.83. The molecule has 4 heteroatoms. The highest BCUT2D eigenvalue weighted by molar-refractivity contribution is 5.89. The van der Waals surface area contributed by atoms with E-state index in [9.17, 15) is 4.79 Å². The first kappa shape index (κ1) is 11.5. The summed E-state index contributed by atoms with van der Waals surface area (Å²) in [6, 6.07) is 7.36. The van der Waals surface area contributed by atoms with E-state index < -0.39 is 0 Å². The molecule has 0 saturated carbocycles. The van der Waals surface area contributed by atoms with Crippen molar-refractivity contribution in [2.75, 3.05) is 25.5 Å². The molecule has 2 N–H and O–H groups in total. The largest absolute Gasteiger partial charge is 0.395 e. The van der Waals surface area contributed by atoms with Crippen LogP contribution in [0.3, 0.4) is 0 Å². The molecule has 0 fully saturated rings. The lowest BCUT2D eigenvalue weighted by molar-refractivity contribution is 0.202. The molecule has 0 spiro atoms. The highest BCUT2D eigenvalue weighted by Crippen LogP contribution is 2.09. The number of urea groups is 1. The summed E-state index contributed by atoms with van der Waals surface area (Å²) in [6.45, 7) is 2.27. The number of likely N-dealkylation sites (N-methyl/N-ethyl adjacent to an activating group) is 1. The average Bonchev–Trinajstić information content (AvgIpc) is 2.18. The van der Waals surface area contributed by atoms with Gasteiger partial charge in [0, 0.05) is 19.3 Å². The number of benzene rings is 1. The summed E-state index contributed by atoms with van der Waals surface area (Å²) in [4.78, 5) is 13.0. The summed E-state index contributed by atoms with van der Waals surface area (Å²) in [5, 5.41) is 11.4. The molecule has 82 valence electrons.